The van der Waals surface area contributed by atoms with Crippen LogP contribution >= 0.6 is 11.6 Å². The average Bonchev–Trinajstić information content (AvgIpc) is 3.12. The summed E-state index contributed by atoms with van der Waals surface area (Å²) >= 11 is 6.14. The smallest absolute Gasteiger partial charge is 0.418 e. The van der Waals surface area contributed by atoms with E-state index in [-0.39, 0.29) is 59.9 Å². The van der Waals surface area contributed by atoms with Crippen LogP contribution in [-0.4, -0.2) is 124 Å². The summed E-state index contributed by atoms with van der Waals surface area (Å²) in [5.74, 6) is -2.34. The molecule has 6 rings (SSSR count). The number of urea groups is 1. The number of piperidine rings is 2. The predicted molar refractivity (Wildman–Crippen MR) is 189 cm³/mol. The van der Waals surface area contributed by atoms with Crippen molar-refractivity contribution in [2.24, 2.45) is 5.92 Å². The van der Waals surface area contributed by atoms with Crippen LogP contribution in [0.1, 0.15) is 48.8 Å². The van der Waals surface area contributed by atoms with Gasteiger partial charge in [-0.15, -0.1) is 0 Å². The minimum Gasteiger partial charge on any atom is -0.480 e. The standard InChI is InChI=1S/C36H45ClF3N7O5/c37-29-19-23(18-28(33(29)41)36(38,39)40)17-25(34(51)46-11-5-26(6-12-46)44-15-13-43(14-16-44)22-32(49)50)20-31(48)45-9-7-27(8-10-45)47-21-24-3-1-2-4-30(24)42-35(47)52/h1-4,18-19,25-27H,5-17,20-22,41H2,(H,42,52)(H,49,50). The second-order valence-electron chi connectivity index (χ2n) is 14.2. The summed E-state index contributed by atoms with van der Waals surface area (Å²) < 4.78 is 41.5. The van der Waals surface area contributed by atoms with Crippen molar-refractivity contribution in [1.82, 2.24) is 24.5 Å². The molecule has 1 unspecified atom stereocenters. The first-order valence-corrected chi connectivity index (χ1v) is 18.2. The number of nitrogens with two attached hydrogens (primary N) is 1. The van der Waals surface area contributed by atoms with Crippen molar-refractivity contribution in [3.8, 4) is 0 Å². The molecule has 282 valence electrons. The van der Waals surface area contributed by atoms with Gasteiger partial charge in [0.05, 0.1) is 28.7 Å². The Morgan fingerprint density at radius 1 is 0.923 bits per heavy atom. The SMILES string of the molecule is Nc1c(Cl)cc(CC(CC(=O)N2CCC(N3Cc4ccccc4NC3=O)CC2)C(=O)N2CCC(N3CCN(CC(=O)O)CC3)CC2)cc1C(F)(F)F. The highest BCUT2D eigenvalue weighted by Crippen LogP contribution is 2.39. The largest absolute Gasteiger partial charge is 0.480 e. The number of halogens is 4. The number of carboxylic acid groups (broad SMARTS) is 1. The number of anilines is 2. The number of amides is 4. The molecule has 2 aromatic carbocycles. The number of carbonyl (C=O) groups is 4. The second-order valence-corrected chi connectivity index (χ2v) is 14.6. The fourth-order valence-electron chi connectivity index (χ4n) is 8.03. The zero-order valence-corrected chi connectivity index (χ0v) is 29.7. The molecule has 16 heteroatoms. The lowest BCUT2D eigenvalue weighted by Crippen LogP contribution is -2.55. The Bertz CT molecular complexity index is 1660. The number of carbonyl (C=O) groups excluding carboxylic acids is 3. The number of aliphatic carboxylic acids is 1. The molecule has 0 bridgehead atoms. The number of hydrogen-bond acceptors (Lipinski definition) is 7. The van der Waals surface area contributed by atoms with Crippen LogP contribution in [0.3, 0.4) is 0 Å². The average molecular weight is 748 g/mol. The van der Waals surface area contributed by atoms with Crippen molar-refractivity contribution < 1.29 is 37.5 Å². The topological polar surface area (TPSA) is 143 Å². The summed E-state index contributed by atoms with van der Waals surface area (Å²) in [6.45, 7) is 4.88. The Morgan fingerprint density at radius 3 is 2.21 bits per heavy atom. The Hall–Kier alpha value is -4.08. The van der Waals surface area contributed by atoms with Crippen molar-refractivity contribution in [3.63, 3.8) is 0 Å². The molecule has 0 spiro atoms. The number of hydrogen-bond donors (Lipinski definition) is 3. The molecule has 3 fully saturated rings. The first-order valence-electron chi connectivity index (χ1n) is 17.8. The summed E-state index contributed by atoms with van der Waals surface area (Å²) in [5, 5.41) is 11.8. The molecule has 0 saturated carbocycles. The Kier molecular flexibility index (Phi) is 11.5. The lowest BCUT2D eigenvalue weighted by molar-refractivity contribution is -0.143. The van der Waals surface area contributed by atoms with Gasteiger partial charge in [-0.25, -0.2) is 4.79 Å². The third-order valence-electron chi connectivity index (χ3n) is 10.9. The van der Waals surface area contributed by atoms with E-state index in [1.165, 1.54) is 6.07 Å². The zero-order valence-electron chi connectivity index (χ0n) is 28.9. The maximum Gasteiger partial charge on any atom is 0.418 e. The molecule has 4 N–H and O–H groups in total. The van der Waals surface area contributed by atoms with Crippen LogP contribution in [0.15, 0.2) is 36.4 Å². The van der Waals surface area contributed by atoms with Crippen molar-refractivity contribution in [1.29, 1.82) is 0 Å². The third kappa shape index (κ3) is 8.75. The second kappa shape index (κ2) is 15.9. The summed E-state index contributed by atoms with van der Waals surface area (Å²) in [6, 6.07) is 9.83. The zero-order chi connectivity index (χ0) is 37.2. The van der Waals surface area contributed by atoms with E-state index in [2.05, 4.69) is 10.2 Å². The number of rotatable bonds is 9. The number of carboxylic acids is 1. The lowest BCUT2D eigenvalue weighted by atomic mass is 9.91. The van der Waals surface area contributed by atoms with Crippen molar-refractivity contribution in [2.75, 3.05) is 70.0 Å². The number of nitrogens with one attached hydrogen (secondary N) is 1. The number of benzene rings is 2. The van der Waals surface area contributed by atoms with Crippen LogP contribution in [0.25, 0.3) is 0 Å². The lowest BCUT2D eigenvalue weighted by Gasteiger charge is -2.43. The van der Waals surface area contributed by atoms with Crippen LogP contribution < -0.4 is 11.1 Å². The van der Waals surface area contributed by atoms with Crippen LogP contribution in [0.2, 0.25) is 5.02 Å². The van der Waals surface area contributed by atoms with E-state index in [1.807, 2.05) is 29.2 Å². The highest BCUT2D eigenvalue weighted by molar-refractivity contribution is 6.33. The van der Waals surface area contributed by atoms with Gasteiger partial charge in [-0.05, 0) is 61.4 Å². The monoisotopic (exact) mass is 747 g/mol. The molecule has 0 aliphatic carbocycles. The maximum atomic E-state index is 14.1. The molecule has 4 aliphatic rings. The number of piperazine rings is 1. The number of para-hydroxylation sites is 1. The van der Waals surface area contributed by atoms with E-state index in [4.69, 9.17) is 22.4 Å². The van der Waals surface area contributed by atoms with Crippen LogP contribution in [0.4, 0.5) is 29.3 Å². The van der Waals surface area contributed by atoms with Gasteiger partial charge in [-0.2, -0.15) is 13.2 Å². The first-order chi connectivity index (χ1) is 24.8. The Labute approximate surface area is 305 Å². The molecule has 2 aromatic rings. The molecule has 4 heterocycles. The Balaban J connectivity index is 1.11. The highest BCUT2D eigenvalue weighted by atomic mass is 35.5. The van der Waals surface area contributed by atoms with Crippen LogP contribution in [0.5, 0.6) is 0 Å². The summed E-state index contributed by atoms with van der Waals surface area (Å²) in [5.41, 5.74) is 5.98. The quantitative estimate of drug-likeness (QED) is 0.324. The van der Waals surface area contributed by atoms with Gasteiger partial charge in [-0.3, -0.25) is 24.2 Å². The van der Waals surface area contributed by atoms with Crippen molar-refractivity contribution in [2.45, 2.75) is 63.3 Å². The normalized spacial score (nSPS) is 20.4. The number of fused-ring (bicyclic) bond motifs is 1. The molecule has 1 atom stereocenters. The fourth-order valence-corrected chi connectivity index (χ4v) is 8.27. The van der Waals surface area contributed by atoms with Crippen molar-refractivity contribution >= 4 is 46.8 Å². The van der Waals surface area contributed by atoms with Gasteiger partial charge >= 0.3 is 18.2 Å². The van der Waals surface area contributed by atoms with Crippen LogP contribution in [-0.2, 0) is 33.5 Å². The number of alkyl halides is 3. The van der Waals surface area contributed by atoms with Gasteiger partial charge in [0.15, 0.2) is 0 Å². The number of nitrogens with zero attached hydrogens (tertiary/aromatic N) is 5. The third-order valence-corrected chi connectivity index (χ3v) is 11.2. The summed E-state index contributed by atoms with van der Waals surface area (Å²) in [4.78, 5) is 61.3. The minimum absolute atomic E-state index is 0.00715. The van der Waals surface area contributed by atoms with Gasteiger partial charge in [0, 0.05) is 83.1 Å². The van der Waals surface area contributed by atoms with Crippen molar-refractivity contribution in [3.05, 3.63) is 58.1 Å². The molecule has 3 saturated heterocycles. The van der Waals surface area contributed by atoms with E-state index in [1.54, 1.807) is 14.7 Å². The van der Waals surface area contributed by atoms with E-state index in [0.717, 1.165) is 30.4 Å². The highest BCUT2D eigenvalue weighted by Gasteiger charge is 2.38. The summed E-state index contributed by atoms with van der Waals surface area (Å²) in [7, 11) is 0. The molecule has 0 aromatic heterocycles. The molecule has 4 amide bonds. The van der Waals surface area contributed by atoms with E-state index < -0.39 is 29.3 Å². The maximum absolute atomic E-state index is 14.1. The predicted octanol–water partition coefficient (Wildman–Crippen LogP) is 4.22. The van der Waals surface area contributed by atoms with Gasteiger partial charge in [0.1, 0.15) is 0 Å². The van der Waals surface area contributed by atoms with Gasteiger partial charge < -0.3 is 30.9 Å². The van der Waals surface area contributed by atoms with Gasteiger partial charge in [-0.1, -0.05) is 29.8 Å². The molecular formula is C36H45ClF3N7O5. The minimum atomic E-state index is -4.75. The summed E-state index contributed by atoms with van der Waals surface area (Å²) in [6.07, 6.45) is -2.56. The first kappa shape index (κ1) is 37.7. The van der Waals surface area contributed by atoms with Gasteiger partial charge in [0.25, 0.3) is 0 Å². The number of nitrogen functional groups attached to an aromatic ring is 1. The van der Waals surface area contributed by atoms with E-state index in [9.17, 15) is 32.3 Å². The molecule has 4 aliphatic heterocycles. The van der Waals surface area contributed by atoms with E-state index >= 15 is 0 Å². The number of likely N-dealkylation sites (tertiary alicyclic amines) is 2. The molecule has 0 radical (unpaired) electrons. The molecular weight excluding hydrogens is 703 g/mol. The Morgan fingerprint density at radius 2 is 1.56 bits per heavy atom. The van der Waals surface area contributed by atoms with Crippen LogP contribution in [0, 0.1) is 5.92 Å². The molecule has 52 heavy (non-hydrogen) atoms. The fraction of sp³-hybridized carbons (Fsp3) is 0.556. The molecule has 12 nitrogen and oxygen atoms in total. The van der Waals surface area contributed by atoms with Gasteiger partial charge in [0.2, 0.25) is 11.8 Å². The van der Waals surface area contributed by atoms with E-state index in [0.29, 0.717) is 71.5 Å².